The van der Waals surface area contributed by atoms with Crippen molar-refractivity contribution in [2.45, 2.75) is 39.0 Å². The molecule has 1 heterocycles. The largest absolute Gasteiger partial charge is 0.497 e. The maximum Gasteiger partial charge on any atom is 0.230 e. The van der Waals surface area contributed by atoms with Crippen LogP contribution < -0.4 is 14.8 Å². The number of benzene rings is 1. The number of aromatic nitrogens is 2. The second-order valence-corrected chi connectivity index (χ2v) is 6.37. The van der Waals surface area contributed by atoms with Gasteiger partial charge in [-0.3, -0.25) is 4.79 Å². The molecule has 2 rings (SSSR count). The predicted molar refractivity (Wildman–Crippen MR) is 95.1 cm³/mol. The summed E-state index contributed by atoms with van der Waals surface area (Å²) in [4.78, 5) is 12.3. The third-order valence-corrected chi connectivity index (χ3v) is 4.87. The molecule has 1 aromatic carbocycles. The third-order valence-electron chi connectivity index (χ3n) is 3.87. The van der Waals surface area contributed by atoms with Gasteiger partial charge in [-0.1, -0.05) is 31.3 Å². The van der Waals surface area contributed by atoms with E-state index >= 15 is 0 Å². The summed E-state index contributed by atoms with van der Waals surface area (Å²) in [5.74, 6) is 1.56. The molecular formula is C17H23N3O3S. The van der Waals surface area contributed by atoms with Gasteiger partial charge in [0.05, 0.1) is 20.6 Å². The van der Waals surface area contributed by atoms with Crippen molar-refractivity contribution in [3.8, 4) is 11.5 Å². The fraction of sp³-hybridized carbons (Fsp3) is 0.471. The SMILES string of the molecule is CCC(CC)c1nnc(NC(=O)Cc2ccc(OC)cc2OC)s1. The lowest BCUT2D eigenvalue weighted by Gasteiger charge is -2.10. The first-order chi connectivity index (χ1) is 11.6. The number of nitrogens with zero attached hydrogens (tertiary/aromatic N) is 2. The third kappa shape index (κ3) is 4.44. The number of ether oxygens (including phenoxy) is 2. The van der Waals surface area contributed by atoms with Crippen LogP contribution in [-0.4, -0.2) is 30.3 Å². The number of rotatable bonds is 8. The first kappa shape index (κ1) is 18.2. The molecule has 0 fully saturated rings. The van der Waals surface area contributed by atoms with Gasteiger partial charge in [0.25, 0.3) is 0 Å². The van der Waals surface area contributed by atoms with Gasteiger partial charge in [0.1, 0.15) is 16.5 Å². The van der Waals surface area contributed by atoms with E-state index in [-0.39, 0.29) is 12.3 Å². The Kier molecular flexibility index (Phi) is 6.54. The van der Waals surface area contributed by atoms with Crippen LogP contribution in [0, 0.1) is 0 Å². The monoisotopic (exact) mass is 349 g/mol. The van der Waals surface area contributed by atoms with Crippen LogP contribution in [0.3, 0.4) is 0 Å². The molecule has 1 aromatic heterocycles. The Balaban J connectivity index is 2.03. The molecule has 1 amide bonds. The first-order valence-corrected chi connectivity index (χ1v) is 8.77. The van der Waals surface area contributed by atoms with Gasteiger partial charge in [-0.25, -0.2) is 0 Å². The van der Waals surface area contributed by atoms with Crippen LogP contribution in [0.1, 0.15) is 43.2 Å². The van der Waals surface area contributed by atoms with Crippen molar-refractivity contribution < 1.29 is 14.3 Å². The molecule has 7 heteroatoms. The summed E-state index contributed by atoms with van der Waals surface area (Å²) >= 11 is 1.44. The number of hydrogen-bond acceptors (Lipinski definition) is 6. The number of carbonyl (C=O) groups is 1. The van der Waals surface area contributed by atoms with Gasteiger partial charge in [-0.2, -0.15) is 0 Å². The molecule has 0 saturated heterocycles. The fourth-order valence-electron chi connectivity index (χ4n) is 2.42. The minimum Gasteiger partial charge on any atom is -0.497 e. The van der Waals surface area contributed by atoms with Crippen LogP contribution in [0.2, 0.25) is 0 Å². The van der Waals surface area contributed by atoms with E-state index in [1.165, 1.54) is 11.3 Å². The molecule has 0 bridgehead atoms. The van der Waals surface area contributed by atoms with Gasteiger partial charge < -0.3 is 14.8 Å². The molecule has 0 radical (unpaired) electrons. The van der Waals surface area contributed by atoms with Crippen LogP contribution in [0.15, 0.2) is 18.2 Å². The zero-order chi connectivity index (χ0) is 17.5. The average Bonchev–Trinajstić information content (AvgIpc) is 3.04. The maximum absolute atomic E-state index is 12.3. The average molecular weight is 349 g/mol. The van der Waals surface area contributed by atoms with Crippen LogP contribution >= 0.6 is 11.3 Å². The Hall–Kier alpha value is -2.15. The molecule has 0 aliphatic rings. The van der Waals surface area contributed by atoms with Crippen LogP contribution in [0.4, 0.5) is 5.13 Å². The number of nitrogens with one attached hydrogen (secondary N) is 1. The number of carbonyl (C=O) groups excluding carboxylic acids is 1. The van der Waals surface area contributed by atoms with Crippen LogP contribution in [0.5, 0.6) is 11.5 Å². The Labute approximate surface area is 146 Å². The summed E-state index contributed by atoms with van der Waals surface area (Å²) in [6.45, 7) is 4.26. The molecule has 1 N–H and O–H groups in total. The highest BCUT2D eigenvalue weighted by Crippen LogP contribution is 2.29. The highest BCUT2D eigenvalue weighted by Gasteiger charge is 2.16. The predicted octanol–water partition coefficient (Wildman–Crippen LogP) is 3.64. The van der Waals surface area contributed by atoms with Gasteiger partial charge in [0.15, 0.2) is 0 Å². The highest BCUT2D eigenvalue weighted by molar-refractivity contribution is 7.15. The minimum absolute atomic E-state index is 0.147. The van der Waals surface area contributed by atoms with Crippen molar-refractivity contribution in [2.24, 2.45) is 0 Å². The highest BCUT2D eigenvalue weighted by atomic mass is 32.1. The maximum atomic E-state index is 12.3. The molecule has 0 aliphatic heterocycles. The molecular weight excluding hydrogens is 326 g/mol. The van der Waals surface area contributed by atoms with Gasteiger partial charge in [-0.15, -0.1) is 10.2 Å². The normalized spacial score (nSPS) is 10.7. The molecule has 2 aromatic rings. The van der Waals surface area contributed by atoms with Crippen molar-refractivity contribution in [1.29, 1.82) is 0 Å². The molecule has 6 nitrogen and oxygen atoms in total. The van der Waals surface area contributed by atoms with Crippen LogP contribution in [-0.2, 0) is 11.2 Å². The van der Waals surface area contributed by atoms with E-state index in [1.807, 2.05) is 6.07 Å². The molecule has 0 spiro atoms. The lowest BCUT2D eigenvalue weighted by molar-refractivity contribution is -0.115. The standard InChI is InChI=1S/C17H23N3O3S/c1-5-11(6-2)16-19-20-17(24-16)18-15(21)9-12-7-8-13(22-3)10-14(12)23-4/h7-8,10-11H,5-6,9H2,1-4H3,(H,18,20,21). The number of hydrogen-bond donors (Lipinski definition) is 1. The Morgan fingerprint density at radius 3 is 2.58 bits per heavy atom. The van der Waals surface area contributed by atoms with Crippen LogP contribution in [0.25, 0.3) is 0 Å². The van der Waals surface area contributed by atoms with E-state index in [1.54, 1.807) is 26.4 Å². The molecule has 0 aliphatic carbocycles. The zero-order valence-electron chi connectivity index (χ0n) is 14.5. The zero-order valence-corrected chi connectivity index (χ0v) is 15.3. The minimum atomic E-state index is -0.147. The first-order valence-electron chi connectivity index (χ1n) is 7.95. The number of methoxy groups -OCH3 is 2. The van der Waals surface area contributed by atoms with Gasteiger partial charge in [0.2, 0.25) is 11.0 Å². The van der Waals surface area contributed by atoms with Gasteiger partial charge >= 0.3 is 0 Å². The van der Waals surface area contributed by atoms with Crippen molar-refractivity contribution in [3.63, 3.8) is 0 Å². The van der Waals surface area contributed by atoms with E-state index in [0.717, 1.165) is 23.4 Å². The van der Waals surface area contributed by atoms with Crippen molar-refractivity contribution in [3.05, 3.63) is 28.8 Å². The molecule has 0 atom stereocenters. The Morgan fingerprint density at radius 2 is 1.96 bits per heavy atom. The van der Waals surface area contributed by atoms with E-state index in [9.17, 15) is 4.79 Å². The quantitative estimate of drug-likeness (QED) is 0.787. The summed E-state index contributed by atoms with van der Waals surface area (Å²) < 4.78 is 10.5. The van der Waals surface area contributed by atoms with Crippen molar-refractivity contribution in [1.82, 2.24) is 10.2 Å². The fourth-order valence-corrected chi connectivity index (χ4v) is 3.45. The van der Waals surface area contributed by atoms with E-state index in [0.29, 0.717) is 22.5 Å². The van der Waals surface area contributed by atoms with Crippen molar-refractivity contribution in [2.75, 3.05) is 19.5 Å². The number of amides is 1. The van der Waals surface area contributed by atoms with E-state index in [2.05, 4.69) is 29.4 Å². The van der Waals surface area contributed by atoms with Crippen molar-refractivity contribution >= 4 is 22.4 Å². The molecule has 130 valence electrons. The van der Waals surface area contributed by atoms with Gasteiger partial charge in [-0.05, 0) is 18.9 Å². The lowest BCUT2D eigenvalue weighted by Crippen LogP contribution is -2.14. The Morgan fingerprint density at radius 1 is 1.21 bits per heavy atom. The lowest BCUT2D eigenvalue weighted by atomic mass is 10.1. The topological polar surface area (TPSA) is 73.3 Å². The van der Waals surface area contributed by atoms with Gasteiger partial charge in [0, 0.05) is 17.5 Å². The summed E-state index contributed by atoms with van der Waals surface area (Å²) in [5.41, 5.74) is 0.792. The molecule has 24 heavy (non-hydrogen) atoms. The van der Waals surface area contributed by atoms with E-state index in [4.69, 9.17) is 9.47 Å². The molecule has 0 saturated carbocycles. The second kappa shape index (κ2) is 8.63. The summed E-state index contributed by atoms with van der Waals surface area (Å²) in [6.07, 6.45) is 2.23. The number of anilines is 1. The smallest absolute Gasteiger partial charge is 0.230 e. The summed E-state index contributed by atoms with van der Waals surface area (Å²) in [6, 6.07) is 5.40. The summed E-state index contributed by atoms with van der Waals surface area (Å²) in [7, 11) is 3.16. The summed E-state index contributed by atoms with van der Waals surface area (Å²) in [5, 5.41) is 12.6. The Bertz CT molecular complexity index is 683. The van der Waals surface area contributed by atoms with E-state index < -0.39 is 0 Å². The molecule has 0 unspecified atom stereocenters. The second-order valence-electron chi connectivity index (χ2n) is 5.36.